The van der Waals surface area contributed by atoms with Crippen molar-refractivity contribution in [2.24, 2.45) is 5.92 Å². The fourth-order valence-electron chi connectivity index (χ4n) is 3.01. The largest absolute Gasteiger partial charge is 0.497 e. The number of methoxy groups -OCH3 is 1. The van der Waals surface area contributed by atoms with Gasteiger partial charge in [0.05, 0.1) is 19.1 Å². The lowest BCUT2D eigenvalue weighted by atomic mass is 9.80. The van der Waals surface area contributed by atoms with E-state index in [2.05, 4.69) is 19.1 Å². The van der Waals surface area contributed by atoms with Crippen molar-refractivity contribution in [3.05, 3.63) is 60.2 Å². The Morgan fingerprint density at radius 1 is 1.05 bits per heavy atom. The molecule has 1 aliphatic rings. The number of rotatable bonds is 4. The quantitative estimate of drug-likeness (QED) is 0.798. The molecule has 2 atom stereocenters. The van der Waals surface area contributed by atoms with Crippen molar-refractivity contribution in [1.29, 1.82) is 0 Å². The van der Waals surface area contributed by atoms with Crippen LogP contribution in [0.15, 0.2) is 54.6 Å². The SMILES string of the molecule is CC[C@H]1C(=O)N(c2ccc(OC)cc2)[C@@H]1c1ccccc1. The summed E-state index contributed by atoms with van der Waals surface area (Å²) in [6, 6.07) is 18.0. The molecule has 108 valence electrons. The highest BCUT2D eigenvalue weighted by atomic mass is 16.5. The first-order valence-corrected chi connectivity index (χ1v) is 7.28. The van der Waals surface area contributed by atoms with E-state index in [0.717, 1.165) is 17.9 Å². The Morgan fingerprint density at radius 3 is 2.29 bits per heavy atom. The second-order valence-corrected chi connectivity index (χ2v) is 5.28. The van der Waals surface area contributed by atoms with Gasteiger partial charge in [-0.15, -0.1) is 0 Å². The van der Waals surface area contributed by atoms with Crippen molar-refractivity contribution in [1.82, 2.24) is 0 Å². The fraction of sp³-hybridized carbons (Fsp3) is 0.278. The minimum absolute atomic E-state index is 0.0782. The molecule has 0 aromatic heterocycles. The number of nitrogens with zero attached hydrogens (tertiary/aromatic N) is 1. The van der Waals surface area contributed by atoms with Crippen LogP contribution in [-0.2, 0) is 4.79 Å². The Morgan fingerprint density at radius 2 is 1.71 bits per heavy atom. The van der Waals surface area contributed by atoms with Crippen LogP contribution in [0.5, 0.6) is 5.75 Å². The lowest BCUT2D eigenvalue weighted by Crippen LogP contribution is -2.55. The van der Waals surface area contributed by atoms with Gasteiger partial charge in [0.25, 0.3) is 0 Å². The summed E-state index contributed by atoms with van der Waals surface area (Å²) < 4.78 is 5.18. The molecule has 0 bridgehead atoms. The van der Waals surface area contributed by atoms with Crippen molar-refractivity contribution in [2.45, 2.75) is 19.4 Å². The number of ether oxygens (including phenoxy) is 1. The molecular formula is C18H19NO2. The Balaban J connectivity index is 1.94. The molecule has 3 heteroatoms. The molecule has 3 rings (SSSR count). The van der Waals surface area contributed by atoms with E-state index in [1.807, 2.05) is 47.4 Å². The van der Waals surface area contributed by atoms with Gasteiger partial charge in [-0.1, -0.05) is 37.3 Å². The highest BCUT2D eigenvalue weighted by Gasteiger charge is 2.47. The Labute approximate surface area is 125 Å². The van der Waals surface area contributed by atoms with Gasteiger partial charge in [0.15, 0.2) is 0 Å². The van der Waals surface area contributed by atoms with E-state index in [0.29, 0.717) is 0 Å². The maximum Gasteiger partial charge on any atom is 0.233 e. The number of benzene rings is 2. The van der Waals surface area contributed by atoms with E-state index in [9.17, 15) is 4.79 Å². The second kappa shape index (κ2) is 5.60. The van der Waals surface area contributed by atoms with Gasteiger partial charge >= 0.3 is 0 Å². The molecule has 1 heterocycles. The molecule has 1 saturated heterocycles. The summed E-state index contributed by atoms with van der Waals surface area (Å²) in [4.78, 5) is 14.3. The Bertz CT molecular complexity index is 621. The lowest BCUT2D eigenvalue weighted by Gasteiger charge is -2.47. The summed E-state index contributed by atoms with van der Waals surface area (Å²) >= 11 is 0. The summed E-state index contributed by atoms with van der Waals surface area (Å²) in [6.07, 6.45) is 0.866. The van der Waals surface area contributed by atoms with Crippen molar-refractivity contribution in [3.8, 4) is 5.75 Å². The molecule has 0 radical (unpaired) electrons. The molecule has 0 N–H and O–H groups in total. The standard InChI is InChI=1S/C18H19NO2/c1-3-16-17(13-7-5-4-6-8-13)19(18(16)20)14-9-11-15(21-2)12-10-14/h4-12,16-17H,3H2,1-2H3/t16-,17-/m1/s1. The smallest absolute Gasteiger partial charge is 0.233 e. The van der Waals surface area contributed by atoms with Crippen molar-refractivity contribution < 1.29 is 9.53 Å². The molecule has 3 nitrogen and oxygen atoms in total. The van der Waals surface area contributed by atoms with Crippen LogP contribution in [0.25, 0.3) is 0 Å². The van der Waals surface area contributed by atoms with Crippen LogP contribution in [0.3, 0.4) is 0 Å². The first-order chi connectivity index (χ1) is 10.3. The molecule has 0 spiro atoms. The molecule has 1 fully saturated rings. The second-order valence-electron chi connectivity index (χ2n) is 5.28. The number of hydrogen-bond donors (Lipinski definition) is 0. The lowest BCUT2D eigenvalue weighted by molar-refractivity contribution is -0.130. The van der Waals surface area contributed by atoms with E-state index in [1.165, 1.54) is 5.56 Å². The molecule has 21 heavy (non-hydrogen) atoms. The monoisotopic (exact) mass is 281 g/mol. The zero-order chi connectivity index (χ0) is 14.8. The number of carbonyl (C=O) groups excluding carboxylic acids is 1. The Kier molecular flexibility index (Phi) is 3.65. The first-order valence-electron chi connectivity index (χ1n) is 7.28. The zero-order valence-corrected chi connectivity index (χ0v) is 12.3. The third-order valence-electron chi connectivity index (χ3n) is 4.15. The molecular weight excluding hydrogens is 262 g/mol. The summed E-state index contributed by atoms with van der Waals surface area (Å²) in [7, 11) is 1.64. The van der Waals surface area contributed by atoms with Crippen molar-refractivity contribution in [3.63, 3.8) is 0 Å². The van der Waals surface area contributed by atoms with Crippen LogP contribution < -0.4 is 9.64 Å². The highest BCUT2D eigenvalue weighted by Crippen LogP contribution is 2.45. The number of hydrogen-bond acceptors (Lipinski definition) is 2. The maximum absolute atomic E-state index is 12.4. The van der Waals surface area contributed by atoms with Crippen LogP contribution in [0.2, 0.25) is 0 Å². The molecule has 1 amide bonds. The normalized spacial score (nSPS) is 21.0. The molecule has 2 aromatic rings. The molecule has 0 unspecified atom stereocenters. The average Bonchev–Trinajstić information content (AvgIpc) is 2.54. The number of β-lactam (4-membered cyclic amide) rings is 1. The van der Waals surface area contributed by atoms with Gasteiger partial charge in [0.1, 0.15) is 5.75 Å². The summed E-state index contributed by atoms with van der Waals surface area (Å²) in [5.41, 5.74) is 2.12. The number of amides is 1. The van der Waals surface area contributed by atoms with Gasteiger partial charge in [0, 0.05) is 5.69 Å². The van der Waals surface area contributed by atoms with Gasteiger partial charge in [-0.3, -0.25) is 4.79 Å². The van der Waals surface area contributed by atoms with Gasteiger partial charge in [-0.2, -0.15) is 0 Å². The minimum atomic E-state index is 0.0782. The molecule has 0 aliphatic carbocycles. The van der Waals surface area contributed by atoms with Crippen LogP contribution in [0.4, 0.5) is 5.69 Å². The topological polar surface area (TPSA) is 29.5 Å². The Hall–Kier alpha value is -2.29. The number of carbonyl (C=O) groups is 1. The predicted octanol–water partition coefficient (Wildman–Crippen LogP) is 3.81. The van der Waals surface area contributed by atoms with E-state index in [4.69, 9.17) is 4.74 Å². The van der Waals surface area contributed by atoms with E-state index >= 15 is 0 Å². The third kappa shape index (κ3) is 2.29. The van der Waals surface area contributed by atoms with Gasteiger partial charge < -0.3 is 9.64 Å². The van der Waals surface area contributed by atoms with E-state index in [1.54, 1.807) is 7.11 Å². The summed E-state index contributed by atoms with van der Waals surface area (Å²) in [5.74, 6) is 1.08. The van der Waals surface area contributed by atoms with Crippen LogP contribution in [0, 0.1) is 5.92 Å². The minimum Gasteiger partial charge on any atom is -0.497 e. The summed E-state index contributed by atoms with van der Waals surface area (Å²) in [6.45, 7) is 2.07. The van der Waals surface area contributed by atoms with E-state index < -0.39 is 0 Å². The third-order valence-corrected chi connectivity index (χ3v) is 4.15. The molecule has 1 aliphatic heterocycles. The first kappa shape index (κ1) is 13.7. The van der Waals surface area contributed by atoms with Crippen LogP contribution in [-0.4, -0.2) is 13.0 Å². The predicted molar refractivity (Wildman–Crippen MR) is 83.4 cm³/mol. The van der Waals surface area contributed by atoms with Gasteiger partial charge in [-0.05, 0) is 36.2 Å². The summed E-state index contributed by atoms with van der Waals surface area (Å²) in [5, 5.41) is 0. The zero-order valence-electron chi connectivity index (χ0n) is 12.3. The van der Waals surface area contributed by atoms with Crippen LogP contribution >= 0.6 is 0 Å². The van der Waals surface area contributed by atoms with Crippen molar-refractivity contribution in [2.75, 3.05) is 12.0 Å². The van der Waals surface area contributed by atoms with Crippen LogP contribution in [0.1, 0.15) is 24.9 Å². The number of anilines is 1. The van der Waals surface area contributed by atoms with Gasteiger partial charge in [-0.25, -0.2) is 0 Å². The maximum atomic E-state index is 12.4. The average molecular weight is 281 g/mol. The van der Waals surface area contributed by atoms with Crippen molar-refractivity contribution >= 4 is 11.6 Å². The van der Waals surface area contributed by atoms with E-state index in [-0.39, 0.29) is 17.9 Å². The van der Waals surface area contributed by atoms with Gasteiger partial charge in [0.2, 0.25) is 5.91 Å². The molecule has 0 saturated carbocycles. The highest BCUT2D eigenvalue weighted by molar-refractivity contribution is 6.03. The molecule has 2 aromatic carbocycles. The fourth-order valence-corrected chi connectivity index (χ4v) is 3.01.